The lowest BCUT2D eigenvalue weighted by Crippen LogP contribution is -2.33. The fraction of sp³-hybridized carbons (Fsp3) is 0.391. The minimum Gasteiger partial charge on any atom is -0.465 e. The highest BCUT2D eigenvalue weighted by molar-refractivity contribution is 5.95. The fourth-order valence-electron chi connectivity index (χ4n) is 3.66. The highest BCUT2D eigenvalue weighted by Crippen LogP contribution is 2.29. The molecule has 0 saturated heterocycles. The van der Waals surface area contributed by atoms with Crippen LogP contribution < -0.4 is 4.90 Å². The average molecular weight is 381 g/mol. The zero-order valence-corrected chi connectivity index (χ0v) is 16.5. The van der Waals surface area contributed by atoms with Crippen LogP contribution in [-0.2, 0) is 38.4 Å². The van der Waals surface area contributed by atoms with Gasteiger partial charge in [0.2, 0.25) is 0 Å². The van der Waals surface area contributed by atoms with Gasteiger partial charge < -0.3 is 14.4 Å². The number of hydrogen-bond donors (Lipinski definition) is 0. The third-order valence-corrected chi connectivity index (χ3v) is 5.03. The molecule has 0 aliphatic carbocycles. The van der Waals surface area contributed by atoms with E-state index in [2.05, 4.69) is 35.2 Å². The van der Waals surface area contributed by atoms with Crippen LogP contribution in [0.25, 0.3) is 0 Å². The maximum atomic E-state index is 12.4. The first-order chi connectivity index (χ1) is 13.6. The van der Waals surface area contributed by atoms with Gasteiger partial charge in [-0.25, -0.2) is 0 Å². The molecule has 2 aromatic carbocycles. The maximum absolute atomic E-state index is 12.4. The standard InChI is InChI=1S/C23H27NO4/c1-3-27-22(25)20(23(26)28-4-2)15-18-10-7-8-12-21(18)24-14-13-17-9-5-6-11-19(17)16-24/h5-12,20H,3-4,13-16H2,1-2H3. The molecular weight excluding hydrogens is 354 g/mol. The van der Waals surface area contributed by atoms with Gasteiger partial charge in [-0.2, -0.15) is 0 Å². The van der Waals surface area contributed by atoms with E-state index in [9.17, 15) is 9.59 Å². The van der Waals surface area contributed by atoms with Gasteiger partial charge in [-0.3, -0.25) is 9.59 Å². The molecule has 0 saturated carbocycles. The van der Waals surface area contributed by atoms with Gasteiger partial charge in [0.1, 0.15) is 0 Å². The molecule has 0 atom stereocenters. The first-order valence-corrected chi connectivity index (χ1v) is 9.87. The second kappa shape index (κ2) is 9.40. The van der Waals surface area contributed by atoms with E-state index in [1.54, 1.807) is 13.8 Å². The van der Waals surface area contributed by atoms with E-state index in [1.807, 2.05) is 18.2 Å². The number of fused-ring (bicyclic) bond motifs is 1. The first kappa shape index (κ1) is 19.9. The summed E-state index contributed by atoms with van der Waals surface area (Å²) in [5.41, 5.74) is 4.70. The van der Waals surface area contributed by atoms with Crippen LogP contribution in [0.4, 0.5) is 5.69 Å². The highest BCUT2D eigenvalue weighted by Gasteiger charge is 2.31. The van der Waals surface area contributed by atoms with Crippen molar-refractivity contribution < 1.29 is 19.1 Å². The summed E-state index contributed by atoms with van der Waals surface area (Å²) in [6.45, 7) is 5.66. The third kappa shape index (κ3) is 4.53. The van der Waals surface area contributed by atoms with Crippen molar-refractivity contribution in [3.05, 3.63) is 65.2 Å². The lowest BCUT2D eigenvalue weighted by molar-refractivity contribution is -0.161. The minimum atomic E-state index is -0.946. The number of carbonyl (C=O) groups is 2. The normalized spacial score (nSPS) is 13.2. The number of nitrogens with zero attached hydrogens (tertiary/aromatic N) is 1. The van der Waals surface area contributed by atoms with Crippen LogP contribution in [-0.4, -0.2) is 31.7 Å². The molecule has 2 aromatic rings. The van der Waals surface area contributed by atoms with Gasteiger partial charge in [0.25, 0.3) is 0 Å². The zero-order chi connectivity index (χ0) is 19.9. The molecule has 5 heteroatoms. The zero-order valence-electron chi connectivity index (χ0n) is 16.5. The SMILES string of the molecule is CCOC(=O)C(Cc1ccccc1N1CCc2ccccc2C1)C(=O)OCC. The minimum absolute atomic E-state index is 0.235. The van der Waals surface area contributed by atoms with Crippen molar-refractivity contribution in [1.29, 1.82) is 0 Å². The molecule has 0 radical (unpaired) electrons. The monoisotopic (exact) mass is 381 g/mol. The molecule has 0 spiro atoms. The molecule has 0 unspecified atom stereocenters. The summed E-state index contributed by atoms with van der Waals surface area (Å²) in [4.78, 5) is 27.1. The van der Waals surface area contributed by atoms with E-state index in [1.165, 1.54) is 11.1 Å². The maximum Gasteiger partial charge on any atom is 0.320 e. The molecule has 0 amide bonds. The first-order valence-electron chi connectivity index (χ1n) is 9.87. The Morgan fingerprint density at radius 2 is 1.54 bits per heavy atom. The van der Waals surface area contributed by atoms with Gasteiger partial charge >= 0.3 is 11.9 Å². The van der Waals surface area contributed by atoms with Gasteiger partial charge in [-0.05, 0) is 49.4 Å². The predicted octanol–water partition coefficient (Wildman–Crippen LogP) is 3.53. The van der Waals surface area contributed by atoms with E-state index in [4.69, 9.17) is 9.47 Å². The van der Waals surface area contributed by atoms with Crippen LogP contribution in [0.15, 0.2) is 48.5 Å². The molecule has 0 fully saturated rings. The van der Waals surface area contributed by atoms with Crippen molar-refractivity contribution in [2.75, 3.05) is 24.7 Å². The Morgan fingerprint density at radius 3 is 2.21 bits per heavy atom. The van der Waals surface area contributed by atoms with Gasteiger partial charge in [-0.15, -0.1) is 0 Å². The van der Waals surface area contributed by atoms with E-state index in [-0.39, 0.29) is 19.6 Å². The number of benzene rings is 2. The topological polar surface area (TPSA) is 55.8 Å². The molecule has 1 aliphatic rings. The number of para-hydroxylation sites is 1. The summed E-state index contributed by atoms with van der Waals surface area (Å²) in [6.07, 6.45) is 1.25. The molecule has 0 N–H and O–H groups in total. The fourth-order valence-corrected chi connectivity index (χ4v) is 3.66. The smallest absolute Gasteiger partial charge is 0.320 e. The van der Waals surface area contributed by atoms with Crippen LogP contribution in [0.2, 0.25) is 0 Å². The second-order valence-electron chi connectivity index (χ2n) is 6.83. The van der Waals surface area contributed by atoms with Gasteiger partial charge in [-0.1, -0.05) is 42.5 Å². The van der Waals surface area contributed by atoms with Crippen LogP contribution in [0.3, 0.4) is 0 Å². The molecule has 148 valence electrons. The summed E-state index contributed by atoms with van der Waals surface area (Å²) in [5.74, 6) is -2.00. The van der Waals surface area contributed by atoms with Gasteiger partial charge in [0, 0.05) is 18.8 Å². The van der Waals surface area contributed by atoms with E-state index >= 15 is 0 Å². The average Bonchev–Trinajstić information content (AvgIpc) is 2.72. The molecule has 1 heterocycles. The van der Waals surface area contributed by atoms with Crippen molar-refractivity contribution >= 4 is 17.6 Å². The molecule has 0 bridgehead atoms. The number of carbonyl (C=O) groups excluding carboxylic acids is 2. The Balaban J connectivity index is 1.85. The third-order valence-electron chi connectivity index (χ3n) is 5.03. The Kier molecular flexibility index (Phi) is 6.69. The summed E-state index contributed by atoms with van der Waals surface area (Å²) in [6, 6.07) is 16.4. The molecule has 28 heavy (non-hydrogen) atoms. The van der Waals surface area contributed by atoms with Crippen LogP contribution in [0.5, 0.6) is 0 Å². The number of anilines is 1. The number of rotatable bonds is 7. The van der Waals surface area contributed by atoms with Gasteiger partial charge in [0.15, 0.2) is 5.92 Å². The van der Waals surface area contributed by atoms with Crippen molar-refractivity contribution in [3.8, 4) is 0 Å². The Morgan fingerprint density at radius 1 is 0.929 bits per heavy atom. The molecular formula is C23H27NO4. The molecule has 3 rings (SSSR count). The van der Waals surface area contributed by atoms with Crippen LogP contribution >= 0.6 is 0 Å². The summed E-state index contributed by atoms with van der Waals surface area (Å²) in [5, 5.41) is 0. The van der Waals surface area contributed by atoms with Crippen LogP contribution in [0.1, 0.15) is 30.5 Å². The number of esters is 2. The van der Waals surface area contributed by atoms with Gasteiger partial charge in [0.05, 0.1) is 13.2 Å². The summed E-state index contributed by atoms with van der Waals surface area (Å²) < 4.78 is 10.2. The number of ether oxygens (including phenoxy) is 2. The van der Waals surface area contributed by atoms with E-state index < -0.39 is 17.9 Å². The second-order valence-corrected chi connectivity index (χ2v) is 6.83. The van der Waals surface area contributed by atoms with Crippen molar-refractivity contribution in [1.82, 2.24) is 0 Å². The summed E-state index contributed by atoms with van der Waals surface area (Å²) in [7, 11) is 0. The van der Waals surface area contributed by atoms with Crippen molar-refractivity contribution in [3.63, 3.8) is 0 Å². The lowest BCUT2D eigenvalue weighted by atomic mass is 9.95. The van der Waals surface area contributed by atoms with E-state index in [0.717, 1.165) is 30.8 Å². The predicted molar refractivity (Wildman–Crippen MR) is 108 cm³/mol. The largest absolute Gasteiger partial charge is 0.465 e. The van der Waals surface area contributed by atoms with Crippen LogP contribution in [0, 0.1) is 5.92 Å². The van der Waals surface area contributed by atoms with Crippen molar-refractivity contribution in [2.45, 2.75) is 33.2 Å². The summed E-state index contributed by atoms with van der Waals surface area (Å²) >= 11 is 0. The molecule has 1 aliphatic heterocycles. The highest BCUT2D eigenvalue weighted by atomic mass is 16.6. The Labute approximate surface area is 166 Å². The lowest BCUT2D eigenvalue weighted by Gasteiger charge is -2.32. The number of hydrogen-bond acceptors (Lipinski definition) is 5. The Hall–Kier alpha value is -2.82. The Bertz CT molecular complexity index is 815. The van der Waals surface area contributed by atoms with E-state index in [0.29, 0.717) is 0 Å². The van der Waals surface area contributed by atoms with Crippen molar-refractivity contribution in [2.24, 2.45) is 5.92 Å². The molecule has 5 nitrogen and oxygen atoms in total. The quantitative estimate of drug-likeness (QED) is 0.542. The molecule has 0 aromatic heterocycles.